The van der Waals surface area contributed by atoms with Crippen LogP contribution in [-0.2, 0) is 16.6 Å². The summed E-state index contributed by atoms with van der Waals surface area (Å²) < 4.78 is 26.2. The number of aromatic hydroxyl groups is 1. The summed E-state index contributed by atoms with van der Waals surface area (Å²) in [5.41, 5.74) is 1.20. The van der Waals surface area contributed by atoms with Crippen molar-refractivity contribution in [1.82, 2.24) is 4.72 Å². The second-order valence-corrected chi connectivity index (χ2v) is 6.05. The molecule has 0 saturated heterocycles. The summed E-state index contributed by atoms with van der Waals surface area (Å²) in [5.74, 6) is 0.454. The Bertz CT molecular complexity index is 798. The molecule has 6 heteroatoms. The maximum Gasteiger partial charge on any atom is 0.263 e. The minimum atomic E-state index is -3.51. The van der Waals surface area contributed by atoms with E-state index in [1.54, 1.807) is 48.5 Å². The number of benzene rings is 2. The highest BCUT2D eigenvalue weighted by molar-refractivity contribution is 7.90. The summed E-state index contributed by atoms with van der Waals surface area (Å²) in [5, 5.41) is 9.67. The second-order valence-electron chi connectivity index (χ2n) is 4.40. The fraction of sp³-hybridized carbons (Fsp3) is 0.0714. The second kappa shape index (κ2) is 4.64. The predicted octanol–water partition coefficient (Wildman–Crippen LogP) is 1.63. The first-order valence-electron chi connectivity index (χ1n) is 6.01. The van der Waals surface area contributed by atoms with Crippen molar-refractivity contribution < 1.29 is 13.5 Å². The lowest BCUT2D eigenvalue weighted by molar-refractivity contribution is 0.468. The molecule has 0 bridgehead atoms. The maximum absolute atomic E-state index is 11.9. The van der Waals surface area contributed by atoms with Crippen molar-refractivity contribution in [2.45, 2.75) is 11.4 Å². The molecule has 0 saturated carbocycles. The molecule has 3 rings (SSSR count). The van der Waals surface area contributed by atoms with E-state index in [2.05, 4.69) is 9.71 Å². The lowest BCUT2D eigenvalue weighted by atomic mass is 10.2. The number of phenolic OH excluding ortho intramolecular Hbond substituents is 1. The number of aliphatic imine (C=N–C) groups is 1. The summed E-state index contributed by atoms with van der Waals surface area (Å²) in [4.78, 5) is 4.49. The van der Waals surface area contributed by atoms with E-state index < -0.39 is 10.0 Å². The molecule has 0 amide bonds. The molecule has 5 nitrogen and oxygen atoms in total. The highest BCUT2D eigenvalue weighted by atomic mass is 32.2. The first-order chi connectivity index (χ1) is 9.58. The van der Waals surface area contributed by atoms with Gasteiger partial charge in [-0.3, -0.25) is 9.71 Å². The quantitative estimate of drug-likeness (QED) is 0.881. The van der Waals surface area contributed by atoms with Gasteiger partial charge in [-0.15, -0.1) is 0 Å². The van der Waals surface area contributed by atoms with E-state index in [1.165, 1.54) is 0 Å². The Morgan fingerprint density at radius 1 is 1.05 bits per heavy atom. The zero-order valence-electron chi connectivity index (χ0n) is 10.4. The number of hydrogen-bond acceptors (Lipinski definition) is 4. The van der Waals surface area contributed by atoms with E-state index in [9.17, 15) is 13.5 Å². The van der Waals surface area contributed by atoms with E-state index in [0.717, 1.165) is 0 Å². The zero-order chi connectivity index (χ0) is 14.2. The van der Waals surface area contributed by atoms with Crippen LogP contribution in [0.5, 0.6) is 5.75 Å². The Balaban J connectivity index is 1.97. The van der Waals surface area contributed by atoms with Crippen LogP contribution in [0, 0.1) is 0 Å². The van der Waals surface area contributed by atoms with Gasteiger partial charge in [0.25, 0.3) is 10.0 Å². The smallest absolute Gasteiger partial charge is 0.263 e. The molecule has 102 valence electrons. The number of amidine groups is 1. The molecule has 0 atom stereocenters. The molecule has 0 radical (unpaired) electrons. The summed E-state index contributed by atoms with van der Waals surface area (Å²) in [6.45, 7) is 0.207. The van der Waals surface area contributed by atoms with Crippen molar-refractivity contribution >= 4 is 15.9 Å². The molecule has 2 aromatic rings. The van der Waals surface area contributed by atoms with Crippen molar-refractivity contribution in [3.8, 4) is 5.75 Å². The maximum atomic E-state index is 11.9. The van der Waals surface area contributed by atoms with Crippen molar-refractivity contribution in [2.24, 2.45) is 4.99 Å². The molecule has 0 aromatic heterocycles. The number of hydrogen-bond donors (Lipinski definition) is 2. The van der Waals surface area contributed by atoms with E-state index in [-0.39, 0.29) is 17.2 Å². The number of sulfonamides is 1. The van der Waals surface area contributed by atoms with Crippen LogP contribution < -0.4 is 4.72 Å². The Morgan fingerprint density at radius 2 is 1.75 bits per heavy atom. The zero-order valence-corrected chi connectivity index (χ0v) is 11.3. The first kappa shape index (κ1) is 12.7. The van der Waals surface area contributed by atoms with Crippen molar-refractivity contribution in [1.29, 1.82) is 0 Å². The van der Waals surface area contributed by atoms with Gasteiger partial charge in [-0.2, -0.15) is 0 Å². The Hall–Kier alpha value is -2.34. The molecule has 1 heterocycles. The van der Waals surface area contributed by atoms with E-state index in [1.807, 2.05) is 0 Å². The largest absolute Gasteiger partial charge is 0.508 e. The van der Waals surface area contributed by atoms with Gasteiger partial charge in [0, 0.05) is 11.1 Å². The fourth-order valence-corrected chi connectivity index (χ4v) is 3.31. The van der Waals surface area contributed by atoms with Gasteiger partial charge >= 0.3 is 0 Å². The Labute approximate surface area is 116 Å². The fourth-order valence-electron chi connectivity index (χ4n) is 2.06. The monoisotopic (exact) mass is 288 g/mol. The lowest BCUT2D eigenvalue weighted by Gasteiger charge is -2.02. The average Bonchev–Trinajstić information content (AvgIpc) is 2.70. The molecule has 1 aliphatic heterocycles. The number of nitrogens with zero attached hydrogens (tertiary/aromatic N) is 1. The van der Waals surface area contributed by atoms with Gasteiger partial charge in [0.05, 0.1) is 11.4 Å². The van der Waals surface area contributed by atoms with Gasteiger partial charge in [0.15, 0.2) is 0 Å². The number of phenols is 1. The third-order valence-corrected chi connectivity index (χ3v) is 4.46. The molecular formula is C14H12N2O3S. The van der Waals surface area contributed by atoms with Gasteiger partial charge < -0.3 is 5.11 Å². The molecule has 2 aromatic carbocycles. The molecule has 1 aliphatic rings. The van der Waals surface area contributed by atoms with Crippen LogP contribution in [0.4, 0.5) is 0 Å². The topological polar surface area (TPSA) is 78.8 Å². The molecule has 0 spiro atoms. The van der Waals surface area contributed by atoms with Gasteiger partial charge in [-0.1, -0.05) is 30.3 Å². The summed E-state index contributed by atoms with van der Waals surface area (Å²) >= 11 is 0. The highest BCUT2D eigenvalue weighted by Gasteiger charge is 2.29. The van der Waals surface area contributed by atoms with Crippen LogP contribution >= 0.6 is 0 Å². The number of fused-ring (bicyclic) bond motifs is 1. The molecule has 0 aliphatic carbocycles. The minimum absolute atomic E-state index is 0.144. The van der Waals surface area contributed by atoms with Crippen LogP contribution in [-0.4, -0.2) is 19.4 Å². The van der Waals surface area contributed by atoms with Crippen LogP contribution in [0.2, 0.25) is 0 Å². The van der Waals surface area contributed by atoms with Gasteiger partial charge in [-0.25, -0.2) is 8.42 Å². The Kier molecular flexibility index (Phi) is 2.94. The molecule has 0 unspecified atom stereocenters. The van der Waals surface area contributed by atoms with Gasteiger partial charge in [0.1, 0.15) is 11.6 Å². The predicted molar refractivity (Wildman–Crippen MR) is 75.1 cm³/mol. The number of nitrogens with one attached hydrogen (secondary N) is 1. The molecule has 20 heavy (non-hydrogen) atoms. The van der Waals surface area contributed by atoms with Gasteiger partial charge in [0.2, 0.25) is 0 Å². The van der Waals surface area contributed by atoms with E-state index in [0.29, 0.717) is 17.0 Å². The first-order valence-corrected chi connectivity index (χ1v) is 7.50. The van der Waals surface area contributed by atoms with Crippen LogP contribution in [0.25, 0.3) is 0 Å². The number of para-hydroxylation sites is 1. The van der Waals surface area contributed by atoms with Crippen molar-refractivity contribution in [3.63, 3.8) is 0 Å². The highest BCUT2D eigenvalue weighted by Crippen LogP contribution is 2.23. The van der Waals surface area contributed by atoms with Crippen LogP contribution in [0.15, 0.2) is 58.4 Å². The molecular weight excluding hydrogens is 276 g/mol. The molecule has 0 fully saturated rings. The van der Waals surface area contributed by atoms with E-state index >= 15 is 0 Å². The summed E-state index contributed by atoms with van der Waals surface area (Å²) in [6, 6.07) is 13.5. The normalized spacial score (nSPS) is 17.7. The lowest BCUT2D eigenvalue weighted by Crippen LogP contribution is -2.22. The van der Waals surface area contributed by atoms with Crippen molar-refractivity contribution in [2.75, 3.05) is 0 Å². The standard InChI is InChI=1S/C14H12N2O3S/c17-12-7-3-1-5-10(12)9-15-14-11-6-2-4-8-13(11)20(18,19)16-14/h1-8,17H,9H2,(H,15,16). The number of rotatable bonds is 2. The summed E-state index contributed by atoms with van der Waals surface area (Å²) in [6.07, 6.45) is 0. The Morgan fingerprint density at radius 3 is 2.55 bits per heavy atom. The van der Waals surface area contributed by atoms with Gasteiger partial charge in [-0.05, 0) is 18.2 Å². The third kappa shape index (κ3) is 2.14. The van der Waals surface area contributed by atoms with Crippen LogP contribution in [0.1, 0.15) is 11.1 Å². The minimum Gasteiger partial charge on any atom is -0.508 e. The summed E-state index contributed by atoms with van der Waals surface area (Å²) in [7, 11) is -3.51. The average molecular weight is 288 g/mol. The van der Waals surface area contributed by atoms with Crippen LogP contribution in [0.3, 0.4) is 0 Å². The molecule has 2 N–H and O–H groups in total. The SMILES string of the molecule is O=S1(=O)NC(=NCc2ccccc2O)c2ccccc21. The van der Waals surface area contributed by atoms with Crippen molar-refractivity contribution in [3.05, 3.63) is 59.7 Å². The third-order valence-electron chi connectivity index (χ3n) is 3.06. The van der Waals surface area contributed by atoms with E-state index in [4.69, 9.17) is 0 Å².